The van der Waals surface area contributed by atoms with Gasteiger partial charge in [-0.1, -0.05) is 12.1 Å². The van der Waals surface area contributed by atoms with E-state index in [9.17, 15) is 0 Å². The fourth-order valence-corrected chi connectivity index (χ4v) is 2.74. The van der Waals surface area contributed by atoms with Crippen molar-refractivity contribution >= 4 is 11.3 Å². The van der Waals surface area contributed by atoms with Crippen molar-refractivity contribution in [3.05, 3.63) is 35.3 Å². The second-order valence-corrected chi connectivity index (χ2v) is 4.93. The van der Waals surface area contributed by atoms with E-state index in [2.05, 4.69) is 17.1 Å². The van der Waals surface area contributed by atoms with Gasteiger partial charge in [0.15, 0.2) is 0 Å². The summed E-state index contributed by atoms with van der Waals surface area (Å²) in [6.45, 7) is 0. The van der Waals surface area contributed by atoms with Crippen molar-refractivity contribution in [2.24, 2.45) is 0 Å². The van der Waals surface area contributed by atoms with Crippen LogP contribution in [0.25, 0.3) is 10.6 Å². The van der Waals surface area contributed by atoms with Crippen LogP contribution in [-0.2, 0) is 0 Å². The summed E-state index contributed by atoms with van der Waals surface area (Å²) in [7, 11) is 1.73. The molecule has 3 heteroatoms. The SMILES string of the molecule is COc1cccc(C2CC2)c1-c1nccs1. The molecular weight excluding hydrogens is 218 g/mol. The monoisotopic (exact) mass is 231 g/mol. The first-order chi connectivity index (χ1) is 7.90. The van der Waals surface area contributed by atoms with Crippen molar-refractivity contribution in [2.75, 3.05) is 7.11 Å². The molecule has 1 aliphatic rings. The number of hydrogen-bond donors (Lipinski definition) is 0. The highest BCUT2D eigenvalue weighted by molar-refractivity contribution is 7.13. The molecule has 1 heterocycles. The highest BCUT2D eigenvalue weighted by atomic mass is 32.1. The second kappa shape index (κ2) is 3.91. The lowest BCUT2D eigenvalue weighted by Crippen LogP contribution is -1.92. The molecule has 1 aliphatic carbocycles. The van der Waals surface area contributed by atoms with Gasteiger partial charge >= 0.3 is 0 Å². The molecule has 16 heavy (non-hydrogen) atoms. The van der Waals surface area contributed by atoms with Gasteiger partial charge < -0.3 is 4.74 Å². The summed E-state index contributed by atoms with van der Waals surface area (Å²) in [6, 6.07) is 6.29. The predicted octanol–water partition coefficient (Wildman–Crippen LogP) is 3.70. The summed E-state index contributed by atoms with van der Waals surface area (Å²) in [4.78, 5) is 4.40. The highest BCUT2D eigenvalue weighted by Crippen LogP contribution is 2.47. The Morgan fingerprint density at radius 2 is 2.25 bits per heavy atom. The fourth-order valence-electron chi connectivity index (χ4n) is 2.03. The molecule has 0 atom stereocenters. The van der Waals surface area contributed by atoms with E-state index >= 15 is 0 Å². The van der Waals surface area contributed by atoms with Crippen LogP contribution >= 0.6 is 11.3 Å². The lowest BCUT2D eigenvalue weighted by atomic mass is 10.0. The summed E-state index contributed by atoms with van der Waals surface area (Å²) >= 11 is 1.67. The van der Waals surface area contributed by atoms with Gasteiger partial charge in [0.25, 0.3) is 0 Å². The number of nitrogens with zero attached hydrogens (tertiary/aromatic N) is 1. The molecule has 2 aromatic rings. The minimum absolute atomic E-state index is 0.717. The van der Waals surface area contributed by atoms with Crippen molar-refractivity contribution in [2.45, 2.75) is 18.8 Å². The normalized spacial score (nSPS) is 15.1. The zero-order valence-electron chi connectivity index (χ0n) is 9.14. The molecule has 0 unspecified atom stereocenters. The molecule has 0 bridgehead atoms. The lowest BCUT2D eigenvalue weighted by Gasteiger charge is -2.11. The van der Waals surface area contributed by atoms with Gasteiger partial charge in [0.1, 0.15) is 10.8 Å². The Balaban J connectivity index is 2.18. The Hall–Kier alpha value is -1.35. The average Bonchev–Trinajstić information content (AvgIpc) is 3.04. The lowest BCUT2D eigenvalue weighted by molar-refractivity contribution is 0.416. The molecule has 1 aromatic carbocycles. The van der Waals surface area contributed by atoms with E-state index in [1.54, 1.807) is 18.4 Å². The van der Waals surface area contributed by atoms with E-state index in [0.717, 1.165) is 10.8 Å². The average molecular weight is 231 g/mol. The van der Waals surface area contributed by atoms with Crippen LogP contribution in [0.4, 0.5) is 0 Å². The number of thiazole rings is 1. The first kappa shape index (κ1) is 9.85. The third-order valence-electron chi connectivity index (χ3n) is 2.94. The molecule has 1 saturated carbocycles. The van der Waals surface area contributed by atoms with Crippen LogP contribution in [0.5, 0.6) is 5.75 Å². The summed E-state index contributed by atoms with van der Waals surface area (Å²) in [5, 5.41) is 3.08. The van der Waals surface area contributed by atoms with Gasteiger partial charge in [0, 0.05) is 11.6 Å². The summed E-state index contributed by atoms with van der Waals surface area (Å²) < 4.78 is 5.45. The molecule has 0 spiro atoms. The van der Waals surface area contributed by atoms with Crippen LogP contribution in [0.1, 0.15) is 24.3 Å². The van der Waals surface area contributed by atoms with Crippen LogP contribution in [0.3, 0.4) is 0 Å². The second-order valence-electron chi connectivity index (χ2n) is 4.04. The number of ether oxygens (including phenoxy) is 1. The standard InChI is InChI=1S/C13H13NOS/c1-15-11-4-2-3-10(9-5-6-9)12(11)13-14-7-8-16-13/h2-4,7-9H,5-6H2,1H3. The van der Waals surface area contributed by atoms with Crippen molar-refractivity contribution in [1.29, 1.82) is 0 Å². The van der Waals surface area contributed by atoms with Crippen molar-refractivity contribution in [3.8, 4) is 16.3 Å². The molecule has 82 valence electrons. The Labute approximate surface area is 98.9 Å². The Morgan fingerprint density at radius 1 is 1.38 bits per heavy atom. The van der Waals surface area contributed by atoms with Crippen molar-refractivity contribution < 1.29 is 4.74 Å². The third-order valence-corrected chi connectivity index (χ3v) is 3.73. The van der Waals surface area contributed by atoms with Gasteiger partial charge in [-0.05, 0) is 30.4 Å². The Bertz CT molecular complexity index is 489. The van der Waals surface area contributed by atoms with E-state index in [4.69, 9.17) is 4.74 Å². The van der Waals surface area contributed by atoms with E-state index in [0.29, 0.717) is 5.92 Å². The van der Waals surface area contributed by atoms with Gasteiger partial charge in [-0.25, -0.2) is 4.98 Å². The maximum Gasteiger partial charge on any atom is 0.129 e. The molecule has 1 aromatic heterocycles. The van der Waals surface area contributed by atoms with E-state index in [-0.39, 0.29) is 0 Å². The molecule has 0 saturated heterocycles. The molecule has 0 aliphatic heterocycles. The van der Waals surface area contributed by atoms with Gasteiger partial charge in [-0.15, -0.1) is 11.3 Å². The summed E-state index contributed by atoms with van der Waals surface area (Å²) in [6.07, 6.45) is 4.44. The topological polar surface area (TPSA) is 22.1 Å². The first-order valence-electron chi connectivity index (χ1n) is 5.47. The predicted molar refractivity (Wildman–Crippen MR) is 66.1 cm³/mol. The smallest absolute Gasteiger partial charge is 0.129 e. The quantitative estimate of drug-likeness (QED) is 0.803. The molecule has 3 rings (SSSR count). The summed E-state index contributed by atoms with van der Waals surface area (Å²) in [5.74, 6) is 1.66. The molecule has 0 N–H and O–H groups in total. The molecule has 0 amide bonds. The van der Waals surface area contributed by atoms with Crippen LogP contribution in [0, 0.1) is 0 Å². The fraction of sp³-hybridized carbons (Fsp3) is 0.308. The zero-order valence-corrected chi connectivity index (χ0v) is 9.96. The summed E-state index contributed by atoms with van der Waals surface area (Å²) in [5.41, 5.74) is 2.59. The van der Waals surface area contributed by atoms with Gasteiger partial charge in [0.2, 0.25) is 0 Å². The Morgan fingerprint density at radius 3 is 2.88 bits per heavy atom. The van der Waals surface area contributed by atoms with Gasteiger partial charge in [-0.3, -0.25) is 0 Å². The number of rotatable bonds is 3. The van der Waals surface area contributed by atoms with E-state index in [1.165, 1.54) is 24.0 Å². The largest absolute Gasteiger partial charge is 0.496 e. The number of aromatic nitrogens is 1. The molecule has 1 fully saturated rings. The number of benzene rings is 1. The minimum Gasteiger partial charge on any atom is -0.496 e. The van der Waals surface area contributed by atoms with E-state index in [1.807, 2.05) is 17.6 Å². The van der Waals surface area contributed by atoms with Gasteiger partial charge in [0.05, 0.1) is 12.7 Å². The maximum absolute atomic E-state index is 5.45. The molecule has 0 radical (unpaired) electrons. The van der Waals surface area contributed by atoms with Gasteiger partial charge in [-0.2, -0.15) is 0 Å². The van der Waals surface area contributed by atoms with Crippen molar-refractivity contribution in [1.82, 2.24) is 4.98 Å². The van der Waals surface area contributed by atoms with Crippen LogP contribution in [0.2, 0.25) is 0 Å². The molecule has 2 nitrogen and oxygen atoms in total. The van der Waals surface area contributed by atoms with E-state index < -0.39 is 0 Å². The molecular formula is C13H13NOS. The Kier molecular flexibility index (Phi) is 2.40. The highest BCUT2D eigenvalue weighted by Gasteiger charge is 2.28. The van der Waals surface area contributed by atoms with Crippen LogP contribution in [0.15, 0.2) is 29.8 Å². The zero-order chi connectivity index (χ0) is 11.0. The first-order valence-corrected chi connectivity index (χ1v) is 6.35. The third kappa shape index (κ3) is 1.61. The van der Waals surface area contributed by atoms with Crippen LogP contribution in [-0.4, -0.2) is 12.1 Å². The maximum atomic E-state index is 5.45. The number of hydrogen-bond acceptors (Lipinski definition) is 3. The van der Waals surface area contributed by atoms with Crippen LogP contribution < -0.4 is 4.74 Å². The minimum atomic E-state index is 0.717. The number of methoxy groups -OCH3 is 1. The van der Waals surface area contributed by atoms with Crippen molar-refractivity contribution in [3.63, 3.8) is 0 Å².